The lowest BCUT2D eigenvalue weighted by atomic mass is 10.2. The van der Waals surface area contributed by atoms with E-state index in [0.29, 0.717) is 0 Å². The Balaban J connectivity index is 1.92. The van der Waals surface area contributed by atoms with Crippen LogP contribution in [0.15, 0.2) is 40.2 Å². The van der Waals surface area contributed by atoms with Gasteiger partial charge in [0.1, 0.15) is 0 Å². The van der Waals surface area contributed by atoms with Crippen LogP contribution >= 0.6 is 27.3 Å². The molecule has 0 aliphatic rings. The summed E-state index contributed by atoms with van der Waals surface area (Å²) in [5.41, 5.74) is 2.58. The van der Waals surface area contributed by atoms with Crippen molar-refractivity contribution in [3.63, 3.8) is 0 Å². The molecule has 0 radical (unpaired) electrons. The SMILES string of the molecule is CCCNCc1ccc(N(C)CCc2cccs2)c(Br)c1. The third-order valence-electron chi connectivity index (χ3n) is 3.45. The van der Waals surface area contributed by atoms with Gasteiger partial charge in [-0.2, -0.15) is 0 Å². The van der Waals surface area contributed by atoms with Crippen molar-refractivity contribution < 1.29 is 0 Å². The van der Waals surface area contributed by atoms with Gasteiger partial charge in [-0.15, -0.1) is 11.3 Å². The molecule has 0 atom stereocenters. The molecule has 2 rings (SSSR count). The van der Waals surface area contributed by atoms with E-state index >= 15 is 0 Å². The van der Waals surface area contributed by atoms with Crippen LogP contribution in [0.2, 0.25) is 0 Å². The van der Waals surface area contributed by atoms with Crippen molar-refractivity contribution >= 4 is 33.0 Å². The summed E-state index contributed by atoms with van der Waals surface area (Å²) in [7, 11) is 2.16. The van der Waals surface area contributed by atoms with Gasteiger partial charge in [-0.25, -0.2) is 0 Å². The van der Waals surface area contributed by atoms with Gasteiger partial charge in [-0.1, -0.05) is 19.1 Å². The molecule has 0 aliphatic heterocycles. The highest BCUT2D eigenvalue weighted by atomic mass is 79.9. The molecule has 0 amide bonds. The second-order valence-corrected chi connectivity index (χ2v) is 7.10. The van der Waals surface area contributed by atoms with Crippen LogP contribution in [-0.4, -0.2) is 20.1 Å². The number of nitrogens with one attached hydrogen (secondary N) is 1. The van der Waals surface area contributed by atoms with E-state index in [0.717, 1.165) is 26.1 Å². The fourth-order valence-corrected chi connectivity index (χ4v) is 3.66. The van der Waals surface area contributed by atoms with Gasteiger partial charge >= 0.3 is 0 Å². The fourth-order valence-electron chi connectivity index (χ4n) is 2.23. The first-order chi connectivity index (χ1) is 10.2. The molecule has 0 saturated heterocycles. The molecule has 1 heterocycles. The third kappa shape index (κ3) is 5.13. The molecular weight excluding hydrogens is 344 g/mol. The summed E-state index contributed by atoms with van der Waals surface area (Å²) < 4.78 is 1.17. The van der Waals surface area contributed by atoms with Crippen molar-refractivity contribution in [2.24, 2.45) is 0 Å². The van der Waals surface area contributed by atoms with E-state index in [2.05, 4.69) is 75.8 Å². The lowest BCUT2D eigenvalue weighted by Crippen LogP contribution is -2.20. The minimum Gasteiger partial charge on any atom is -0.373 e. The minimum absolute atomic E-state index is 0.936. The lowest BCUT2D eigenvalue weighted by molar-refractivity contribution is 0.675. The molecule has 0 spiro atoms. The van der Waals surface area contributed by atoms with Crippen molar-refractivity contribution in [2.45, 2.75) is 26.3 Å². The van der Waals surface area contributed by atoms with Gasteiger partial charge in [0.25, 0.3) is 0 Å². The van der Waals surface area contributed by atoms with Crippen LogP contribution in [0.25, 0.3) is 0 Å². The summed E-state index contributed by atoms with van der Waals surface area (Å²) in [6, 6.07) is 11.0. The van der Waals surface area contributed by atoms with Gasteiger partial charge in [0.05, 0.1) is 5.69 Å². The molecule has 114 valence electrons. The summed E-state index contributed by atoms with van der Waals surface area (Å²) >= 11 is 5.54. The van der Waals surface area contributed by atoms with Crippen molar-refractivity contribution in [3.8, 4) is 0 Å². The average Bonchev–Trinajstić information content (AvgIpc) is 2.98. The van der Waals surface area contributed by atoms with Gasteiger partial charge in [0.15, 0.2) is 0 Å². The summed E-state index contributed by atoms with van der Waals surface area (Å²) in [5.74, 6) is 0. The number of anilines is 1. The molecule has 1 N–H and O–H groups in total. The molecule has 0 aliphatic carbocycles. The van der Waals surface area contributed by atoms with E-state index < -0.39 is 0 Å². The molecule has 0 saturated carbocycles. The van der Waals surface area contributed by atoms with Crippen LogP contribution in [0, 0.1) is 0 Å². The zero-order valence-electron chi connectivity index (χ0n) is 12.7. The van der Waals surface area contributed by atoms with E-state index in [1.807, 2.05) is 11.3 Å². The first kappa shape index (κ1) is 16.5. The number of nitrogens with zero attached hydrogens (tertiary/aromatic N) is 1. The Hall–Kier alpha value is -0.840. The van der Waals surface area contributed by atoms with E-state index in [-0.39, 0.29) is 0 Å². The molecule has 0 fully saturated rings. The third-order valence-corrected chi connectivity index (χ3v) is 5.02. The van der Waals surface area contributed by atoms with Gasteiger partial charge in [0.2, 0.25) is 0 Å². The molecule has 0 bridgehead atoms. The Bertz CT molecular complexity index is 540. The van der Waals surface area contributed by atoms with E-state index in [9.17, 15) is 0 Å². The van der Waals surface area contributed by atoms with Crippen molar-refractivity contribution in [2.75, 3.05) is 25.0 Å². The Labute approximate surface area is 140 Å². The Morgan fingerprint density at radius 3 is 2.81 bits per heavy atom. The molecule has 4 heteroatoms. The Morgan fingerprint density at radius 1 is 1.29 bits per heavy atom. The molecule has 2 aromatic rings. The number of thiophene rings is 1. The predicted octanol–water partition coefficient (Wildman–Crippen LogP) is 4.69. The highest BCUT2D eigenvalue weighted by Gasteiger charge is 2.07. The summed E-state index contributed by atoms with van der Waals surface area (Å²) in [6.45, 7) is 5.23. The van der Waals surface area contributed by atoms with Crippen LogP contribution in [-0.2, 0) is 13.0 Å². The smallest absolute Gasteiger partial charge is 0.0508 e. The van der Waals surface area contributed by atoms with E-state index in [4.69, 9.17) is 0 Å². The number of likely N-dealkylation sites (N-methyl/N-ethyl adjacent to an activating group) is 1. The molecular formula is C17H23BrN2S. The molecule has 0 unspecified atom stereocenters. The van der Waals surface area contributed by atoms with Crippen LogP contribution < -0.4 is 10.2 Å². The van der Waals surface area contributed by atoms with Crippen LogP contribution in [0.3, 0.4) is 0 Å². The van der Waals surface area contributed by atoms with Crippen LogP contribution in [0.1, 0.15) is 23.8 Å². The maximum absolute atomic E-state index is 3.71. The topological polar surface area (TPSA) is 15.3 Å². The van der Waals surface area contributed by atoms with Crippen molar-refractivity contribution in [1.29, 1.82) is 0 Å². The van der Waals surface area contributed by atoms with E-state index in [1.54, 1.807) is 0 Å². The maximum atomic E-state index is 3.71. The number of hydrogen-bond donors (Lipinski definition) is 1. The van der Waals surface area contributed by atoms with Crippen molar-refractivity contribution in [3.05, 3.63) is 50.6 Å². The number of rotatable bonds is 8. The highest BCUT2D eigenvalue weighted by Crippen LogP contribution is 2.27. The Morgan fingerprint density at radius 2 is 2.14 bits per heavy atom. The maximum Gasteiger partial charge on any atom is 0.0508 e. The summed E-state index contributed by atoms with van der Waals surface area (Å²) in [6.07, 6.45) is 2.27. The quantitative estimate of drug-likeness (QED) is 0.681. The average molecular weight is 367 g/mol. The summed E-state index contributed by atoms with van der Waals surface area (Å²) in [5, 5.41) is 5.58. The first-order valence-electron chi connectivity index (χ1n) is 7.43. The van der Waals surface area contributed by atoms with Gasteiger partial charge in [-0.05, 0) is 64.5 Å². The van der Waals surface area contributed by atoms with Crippen LogP contribution in [0.4, 0.5) is 5.69 Å². The number of halogens is 1. The normalized spacial score (nSPS) is 10.8. The summed E-state index contributed by atoms with van der Waals surface area (Å²) in [4.78, 5) is 3.76. The largest absolute Gasteiger partial charge is 0.373 e. The highest BCUT2D eigenvalue weighted by molar-refractivity contribution is 9.10. The number of hydrogen-bond acceptors (Lipinski definition) is 3. The second-order valence-electron chi connectivity index (χ2n) is 5.21. The number of benzene rings is 1. The molecule has 1 aromatic heterocycles. The Kier molecular flexibility index (Phi) is 6.74. The lowest BCUT2D eigenvalue weighted by Gasteiger charge is -2.21. The van der Waals surface area contributed by atoms with E-state index in [1.165, 1.54) is 27.0 Å². The molecule has 1 aromatic carbocycles. The second kappa shape index (κ2) is 8.57. The van der Waals surface area contributed by atoms with Gasteiger partial charge < -0.3 is 10.2 Å². The van der Waals surface area contributed by atoms with Gasteiger partial charge in [-0.3, -0.25) is 0 Å². The fraction of sp³-hybridized carbons (Fsp3) is 0.412. The molecule has 2 nitrogen and oxygen atoms in total. The standard InChI is InChI=1S/C17H23BrN2S/c1-3-9-19-13-14-6-7-17(16(18)12-14)20(2)10-8-15-5-4-11-21-15/h4-7,11-12,19H,3,8-10,13H2,1-2H3. The van der Waals surface area contributed by atoms with Crippen LogP contribution in [0.5, 0.6) is 0 Å². The zero-order chi connectivity index (χ0) is 15.1. The predicted molar refractivity (Wildman–Crippen MR) is 97.4 cm³/mol. The first-order valence-corrected chi connectivity index (χ1v) is 9.10. The van der Waals surface area contributed by atoms with Crippen molar-refractivity contribution in [1.82, 2.24) is 5.32 Å². The zero-order valence-corrected chi connectivity index (χ0v) is 15.1. The van der Waals surface area contributed by atoms with Gasteiger partial charge in [0, 0.05) is 29.5 Å². The molecule has 21 heavy (non-hydrogen) atoms. The minimum atomic E-state index is 0.936. The monoisotopic (exact) mass is 366 g/mol.